The molecule has 5 rings (SSSR count). The summed E-state index contributed by atoms with van der Waals surface area (Å²) in [4.78, 5) is 26.6. The third-order valence-electron chi connectivity index (χ3n) is 5.53. The van der Waals surface area contributed by atoms with Crippen LogP contribution in [0.2, 0.25) is 0 Å². The van der Waals surface area contributed by atoms with E-state index in [1.807, 2.05) is 6.07 Å². The van der Waals surface area contributed by atoms with Crippen LogP contribution in [0.3, 0.4) is 0 Å². The van der Waals surface area contributed by atoms with Crippen molar-refractivity contribution in [1.82, 2.24) is 10.2 Å². The van der Waals surface area contributed by atoms with Crippen molar-refractivity contribution in [2.75, 3.05) is 27.2 Å². The van der Waals surface area contributed by atoms with Crippen LogP contribution in [0.15, 0.2) is 24.3 Å². The summed E-state index contributed by atoms with van der Waals surface area (Å²) in [5, 5.41) is 13.4. The molecule has 0 saturated carbocycles. The number of nitrogens with zero attached hydrogens (tertiary/aromatic N) is 1. The minimum absolute atomic E-state index is 0.0548. The molecular formula is C22H20N2O7. The van der Waals surface area contributed by atoms with Gasteiger partial charge in [0.25, 0.3) is 5.91 Å². The lowest BCUT2D eigenvalue weighted by atomic mass is 9.91. The number of hydrogen-bond acceptors (Lipinski definition) is 7. The zero-order chi connectivity index (χ0) is 21.5. The number of rotatable bonds is 4. The maximum Gasteiger partial charge on any atom is 0.257 e. The molecule has 0 radical (unpaired) electrons. The van der Waals surface area contributed by atoms with Gasteiger partial charge in [0.05, 0.1) is 5.56 Å². The first-order valence-electron chi connectivity index (χ1n) is 9.80. The molecule has 0 spiro atoms. The molecule has 0 aromatic heterocycles. The Morgan fingerprint density at radius 3 is 2.81 bits per heavy atom. The van der Waals surface area contributed by atoms with Crippen LogP contribution in [0.5, 0.6) is 28.7 Å². The van der Waals surface area contributed by atoms with Crippen LogP contribution in [0.25, 0.3) is 6.08 Å². The predicted molar refractivity (Wildman–Crippen MR) is 108 cm³/mol. The number of fused-ring (bicyclic) bond motifs is 3. The van der Waals surface area contributed by atoms with Crippen molar-refractivity contribution < 1.29 is 33.6 Å². The Balaban J connectivity index is 1.36. The number of carbonyl (C=O) groups excluding carboxylic acids is 2. The second-order valence-corrected chi connectivity index (χ2v) is 7.39. The minimum Gasteiger partial charge on any atom is -0.504 e. The lowest BCUT2D eigenvalue weighted by Crippen LogP contribution is -2.35. The van der Waals surface area contributed by atoms with Crippen molar-refractivity contribution in [2.45, 2.75) is 13.0 Å². The average Bonchev–Trinajstić information content (AvgIpc) is 3.43. The minimum atomic E-state index is -0.314. The first-order chi connectivity index (χ1) is 15.0. The quantitative estimate of drug-likeness (QED) is 0.721. The van der Waals surface area contributed by atoms with Gasteiger partial charge in [-0.05, 0) is 35.8 Å². The summed E-state index contributed by atoms with van der Waals surface area (Å²) >= 11 is 0. The normalized spacial score (nSPS) is 16.0. The number of likely N-dealkylation sites (N-methyl/N-ethyl adjacent to an activating group) is 1. The molecule has 9 nitrogen and oxygen atoms in total. The Hall–Kier alpha value is -3.88. The van der Waals surface area contributed by atoms with E-state index < -0.39 is 0 Å². The van der Waals surface area contributed by atoms with E-state index in [0.29, 0.717) is 41.3 Å². The van der Waals surface area contributed by atoms with Gasteiger partial charge in [0.15, 0.2) is 23.0 Å². The van der Waals surface area contributed by atoms with Gasteiger partial charge in [-0.2, -0.15) is 0 Å². The van der Waals surface area contributed by atoms with E-state index in [1.165, 1.54) is 6.08 Å². The molecule has 3 aliphatic rings. The SMILES string of the molecule is CN1CCc2c(CNC(=O)C=Cc3ccc4c(c3)OCO4)c3c(c(O)c2C1=O)OCO3. The number of amides is 2. The van der Waals surface area contributed by atoms with Gasteiger partial charge in [-0.15, -0.1) is 0 Å². The Labute approximate surface area is 177 Å². The van der Waals surface area contributed by atoms with E-state index in [-0.39, 0.29) is 49.0 Å². The van der Waals surface area contributed by atoms with Crippen LogP contribution in [-0.2, 0) is 17.8 Å². The van der Waals surface area contributed by atoms with E-state index in [4.69, 9.17) is 18.9 Å². The van der Waals surface area contributed by atoms with E-state index in [0.717, 1.165) is 5.56 Å². The highest BCUT2D eigenvalue weighted by Gasteiger charge is 2.35. The van der Waals surface area contributed by atoms with Crippen LogP contribution >= 0.6 is 0 Å². The third-order valence-corrected chi connectivity index (χ3v) is 5.53. The van der Waals surface area contributed by atoms with Crippen LogP contribution < -0.4 is 24.3 Å². The number of aromatic hydroxyl groups is 1. The van der Waals surface area contributed by atoms with Crippen molar-refractivity contribution in [2.24, 2.45) is 0 Å². The standard InChI is InChI=1S/C22H20N2O7/c1-24-7-6-13-14(20-21(31-11-30-20)19(26)18(13)22(24)27)9-23-17(25)5-3-12-2-4-15-16(8-12)29-10-28-15/h2-5,8,26H,6-7,9-11H2,1H3,(H,23,25). The van der Waals surface area contributed by atoms with E-state index >= 15 is 0 Å². The van der Waals surface area contributed by atoms with E-state index in [9.17, 15) is 14.7 Å². The highest BCUT2D eigenvalue weighted by molar-refractivity contribution is 6.01. The van der Waals surface area contributed by atoms with Gasteiger partial charge in [0, 0.05) is 31.8 Å². The molecule has 3 heterocycles. The fourth-order valence-corrected chi connectivity index (χ4v) is 3.91. The summed E-state index contributed by atoms with van der Waals surface area (Å²) in [6, 6.07) is 5.41. The lowest BCUT2D eigenvalue weighted by molar-refractivity contribution is -0.116. The number of phenols is 1. The van der Waals surface area contributed by atoms with E-state index in [2.05, 4.69) is 5.32 Å². The summed E-state index contributed by atoms with van der Waals surface area (Å²) in [7, 11) is 1.68. The zero-order valence-electron chi connectivity index (χ0n) is 16.8. The molecule has 2 aromatic carbocycles. The molecule has 160 valence electrons. The topological polar surface area (TPSA) is 107 Å². The molecule has 0 atom stereocenters. The monoisotopic (exact) mass is 424 g/mol. The number of phenolic OH excluding ortho intramolecular Hbond substituents is 1. The fourth-order valence-electron chi connectivity index (χ4n) is 3.91. The summed E-state index contributed by atoms with van der Waals surface area (Å²) in [6.07, 6.45) is 3.63. The maximum absolute atomic E-state index is 12.6. The maximum atomic E-state index is 12.6. The Bertz CT molecular complexity index is 1130. The van der Waals surface area contributed by atoms with Gasteiger partial charge in [-0.1, -0.05) is 6.07 Å². The number of hydrogen-bond donors (Lipinski definition) is 2. The first kappa shape index (κ1) is 19.1. The average molecular weight is 424 g/mol. The molecule has 0 fully saturated rings. The molecule has 0 bridgehead atoms. The van der Waals surface area contributed by atoms with Crippen molar-refractivity contribution in [1.29, 1.82) is 0 Å². The summed E-state index contributed by atoms with van der Waals surface area (Å²) < 4.78 is 21.5. The van der Waals surface area contributed by atoms with Crippen LogP contribution in [0.1, 0.15) is 27.0 Å². The van der Waals surface area contributed by atoms with Crippen molar-refractivity contribution in [3.8, 4) is 28.7 Å². The molecule has 31 heavy (non-hydrogen) atoms. The lowest BCUT2D eigenvalue weighted by Gasteiger charge is -2.28. The summed E-state index contributed by atoms with van der Waals surface area (Å²) in [5.41, 5.74) is 2.32. The number of ether oxygens (including phenoxy) is 4. The second-order valence-electron chi connectivity index (χ2n) is 7.39. The van der Waals surface area contributed by atoms with Gasteiger partial charge in [-0.3, -0.25) is 9.59 Å². The molecule has 0 unspecified atom stereocenters. The molecule has 0 saturated heterocycles. The number of benzene rings is 2. The molecule has 0 aliphatic carbocycles. The van der Waals surface area contributed by atoms with E-state index in [1.54, 1.807) is 30.2 Å². The van der Waals surface area contributed by atoms with Crippen molar-refractivity contribution in [3.63, 3.8) is 0 Å². The zero-order valence-corrected chi connectivity index (χ0v) is 16.8. The highest BCUT2D eigenvalue weighted by Crippen LogP contribution is 2.48. The van der Waals surface area contributed by atoms with Crippen LogP contribution in [-0.4, -0.2) is 49.0 Å². The van der Waals surface area contributed by atoms with Gasteiger partial charge in [-0.25, -0.2) is 0 Å². The highest BCUT2D eigenvalue weighted by atomic mass is 16.7. The Morgan fingerprint density at radius 2 is 1.94 bits per heavy atom. The Kier molecular flexibility index (Phi) is 4.58. The summed E-state index contributed by atoms with van der Waals surface area (Å²) in [6.45, 7) is 0.778. The van der Waals surface area contributed by atoms with Crippen molar-refractivity contribution >= 4 is 17.9 Å². The largest absolute Gasteiger partial charge is 0.504 e. The molecule has 2 amide bonds. The Morgan fingerprint density at radius 1 is 1.16 bits per heavy atom. The van der Waals surface area contributed by atoms with Crippen LogP contribution in [0, 0.1) is 0 Å². The predicted octanol–water partition coefficient (Wildman–Crippen LogP) is 1.81. The van der Waals surface area contributed by atoms with Crippen LogP contribution in [0.4, 0.5) is 0 Å². The second kappa shape index (κ2) is 7.42. The molecular weight excluding hydrogens is 404 g/mol. The van der Waals surface area contributed by atoms with Gasteiger partial charge < -0.3 is 34.3 Å². The van der Waals surface area contributed by atoms with Gasteiger partial charge in [0.1, 0.15) is 0 Å². The van der Waals surface area contributed by atoms with Gasteiger partial charge in [0.2, 0.25) is 25.2 Å². The fraction of sp³-hybridized carbons (Fsp3) is 0.273. The van der Waals surface area contributed by atoms with Crippen molar-refractivity contribution in [3.05, 3.63) is 46.5 Å². The third kappa shape index (κ3) is 3.27. The van der Waals surface area contributed by atoms with Gasteiger partial charge >= 0.3 is 0 Å². The molecule has 3 aliphatic heterocycles. The first-order valence-corrected chi connectivity index (χ1v) is 9.80. The smallest absolute Gasteiger partial charge is 0.257 e. The molecule has 2 N–H and O–H groups in total. The number of carbonyl (C=O) groups is 2. The molecule has 9 heteroatoms. The summed E-state index contributed by atoms with van der Waals surface area (Å²) in [5.74, 6) is 1.02. The molecule has 2 aromatic rings. The number of nitrogens with one attached hydrogen (secondary N) is 1.